The number of nitrogens with zero attached hydrogens (tertiary/aromatic N) is 3. The quantitative estimate of drug-likeness (QED) is 0.633. The number of benzene rings is 1. The average Bonchev–Trinajstić information content (AvgIpc) is 2.87. The summed E-state index contributed by atoms with van der Waals surface area (Å²) in [5, 5.41) is 3.95. The highest BCUT2D eigenvalue weighted by Gasteiger charge is 2.14. The maximum absolute atomic E-state index is 12.5. The summed E-state index contributed by atoms with van der Waals surface area (Å²) in [6.45, 7) is -0.00590. The summed E-state index contributed by atoms with van der Waals surface area (Å²) in [6, 6.07) is 3.40. The highest BCUT2D eigenvalue weighted by molar-refractivity contribution is 7.85. The van der Waals surface area contributed by atoms with E-state index >= 15 is 0 Å². The Hall–Kier alpha value is -2.72. The van der Waals surface area contributed by atoms with E-state index in [9.17, 15) is 18.0 Å². The minimum Gasteiger partial charge on any atom is -0.307 e. The second-order valence-electron chi connectivity index (χ2n) is 5.03. The number of fused-ring (bicyclic) bond motifs is 1. The van der Waals surface area contributed by atoms with Gasteiger partial charge in [0.25, 0.3) is 15.7 Å². The van der Waals surface area contributed by atoms with Crippen molar-refractivity contribution in [2.75, 3.05) is 0 Å². The van der Waals surface area contributed by atoms with Gasteiger partial charge < -0.3 is 4.98 Å². The molecule has 0 spiro atoms. The molecule has 1 aromatic carbocycles. The summed E-state index contributed by atoms with van der Waals surface area (Å²) in [4.78, 5) is 26.6. The number of H-pyrrole nitrogens is 1. The molecule has 3 rings (SSSR count). The lowest BCUT2D eigenvalue weighted by Crippen LogP contribution is -2.35. The lowest BCUT2D eigenvalue weighted by molar-refractivity contribution is 0.483. The van der Waals surface area contributed by atoms with Gasteiger partial charge in [-0.15, -0.1) is 0 Å². The minimum atomic E-state index is -4.44. The van der Waals surface area contributed by atoms with Gasteiger partial charge in [-0.1, -0.05) is 0 Å². The van der Waals surface area contributed by atoms with Gasteiger partial charge in [0.1, 0.15) is 0 Å². The fourth-order valence-corrected chi connectivity index (χ4v) is 2.78. The molecule has 0 fully saturated rings. The van der Waals surface area contributed by atoms with Crippen molar-refractivity contribution in [2.24, 2.45) is 7.05 Å². The molecule has 0 atom stereocenters. The summed E-state index contributed by atoms with van der Waals surface area (Å²) in [6.07, 6.45) is 3.18. The molecule has 0 unspecified atom stereocenters. The van der Waals surface area contributed by atoms with Gasteiger partial charge in [-0.3, -0.25) is 18.6 Å². The van der Waals surface area contributed by atoms with E-state index in [1.54, 1.807) is 13.2 Å². The molecule has 23 heavy (non-hydrogen) atoms. The molecule has 0 aliphatic carbocycles. The topological polar surface area (TPSA) is 127 Å². The van der Waals surface area contributed by atoms with Crippen LogP contribution in [-0.2, 0) is 23.7 Å². The second-order valence-corrected chi connectivity index (χ2v) is 6.45. The van der Waals surface area contributed by atoms with Gasteiger partial charge >= 0.3 is 5.69 Å². The van der Waals surface area contributed by atoms with E-state index in [0.717, 1.165) is 16.7 Å². The highest BCUT2D eigenvalue weighted by Crippen LogP contribution is 2.13. The average molecular weight is 336 g/mol. The lowest BCUT2D eigenvalue weighted by atomic mass is 10.2. The van der Waals surface area contributed by atoms with Crippen molar-refractivity contribution >= 4 is 21.0 Å². The summed E-state index contributed by atoms with van der Waals surface area (Å²) in [5.74, 6) is 0. The molecule has 0 saturated carbocycles. The van der Waals surface area contributed by atoms with E-state index in [1.807, 2.05) is 0 Å². The number of hydrogen-bond acceptors (Lipinski definition) is 5. The Morgan fingerprint density at radius 2 is 2.04 bits per heavy atom. The first-order valence-corrected chi connectivity index (χ1v) is 7.91. The monoisotopic (exact) mass is 336 g/mol. The first-order valence-electron chi connectivity index (χ1n) is 6.47. The number of aromatic nitrogens is 4. The van der Waals surface area contributed by atoms with E-state index in [0.29, 0.717) is 5.56 Å². The van der Waals surface area contributed by atoms with E-state index in [-0.39, 0.29) is 17.4 Å². The highest BCUT2D eigenvalue weighted by atomic mass is 32.2. The smallest absolute Gasteiger partial charge is 0.307 e. The Balaban J connectivity index is 2.22. The van der Waals surface area contributed by atoms with Gasteiger partial charge in [-0.2, -0.15) is 13.5 Å². The van der Waals surface area contributed by atoms with Crippen LogP contribution in [0.15, 0.2) is 45.1 Å². The van der Waals surface area contributed by atoms with Crippen LogP contribution in [0.1, 0.15) is 5.56 Å². The predicted molar refractivity (Wildman–Crippen MR) is 81.0 cm³/mol. The van der Waals surface area contributed by atoms with Crippen molar-refractivity contribution in [3.05, 3.63) is 57.0 Å². The van der Waals surface area contributed by atoms with E-state index < -0.39 is 26.3 Å². The van der Waals surface area contributed by atoms with Crippen molar-refractivity contribution in [3.8, 4) is 0 Å². The molecule has 9 nitrogen and oxygen atoms in total. The zero-order valence-electron chi connectivity index (χ0n) is 11.9. The molecule has 2 heterocycles. The molecule has 10 heteroatoms. The van der Waals surface area contributed by atoms with E-state index in [2.05, 4.69) is 10.1 Å². The summed E-state index contributed by atoms with van der Waals surface area (Å²) >= 11 is 0. The summed E-state index contributed by atoms with van der Waals surface area (Å²) in [5.41, 5.74) is -0.440. The molecule has 0 amide bonds. The first kappa shape index (κ1) is 15.2. The first-order chi connectivity index (χ1) is 10.8. The van der Waals surface area contributed by atoms with Crippen molar-refractivity contribution in [1.82, 2.24) is 19.3 Å². The SMILES string of the molecule is Cn1cc(Cn2c(=O)[nH]c3ccc(S(=O)(=O)O)cc3c2=O)cn1. The molecular weight excluding hydrogens is 324 g/mol. The van der Waals surface area contributed by atoms with Gasteiger partial charge in [0.05, 0.1) is 28.5 Å². The van der Waals surface area contributed by atoms with Crippen molar-refractivity contribution in [2.45, 2.75) is 11.4 Å². The number of aromatic amines is 1. The molecule has 120 valence electrons. The molecular formula is C13H12N4O5S. The lowest BCUT2D eigenvalue weighted by Gasteiger charge is -2.06. The fourth-order valence-electron chi connectivity index (χ4n) is 2.27. The molecule has 0 aliphatic rings. The third-order valence-corrected chi connectivity index (χ3v) is 4.20. The Labute approximate surface area is 129 Å². The van der Waals surface area contributed by atoms with Crippen LogP contribution in [0, 0.1) is 0 Å². The Morgan fingerprint density at radius 1 is 1.30 bits per heavy atom. The fraction of sp³-hybridized carbons (Fsp3) is 0.154. The Bertz CT molecular complexity index is 1120. The van der Waals surface area contributed by atoms with Gasteiger partial charge in [0.2, 0.25) is 0 Å². The van der Waals surface area contributed by atoms with Crippen molar-refractivity contribution in [3.63, 3.8) is 0 Å². The van der Waals surface area contributed by atoms with E-state index in [4.69, 9.17) is 4.55 Å². The molecule has 0 saturated heterocycles. The Morgan fingerprint density at radius 3 is 2.65 bits per heavy atom. The third kappa shape index (κ3) is 2.81. The van der Waals surface area contributed by atoms with Gasteiger partial charge in [-0.25, -0.2) is 4.79 Å². The number of hydrogen-bond donors (Lipinski definition) is 2. The molecule has 0 aliphatic heterocycles. The largest absolute Gasteiger partial charge is 0.329 e. The zero-order valence-corrected chi connectivity index (χ0v) is 12.7. The molecule has 2 aromatic heterocycles. The Kier molecular flexibility index (Phi) is 3.42. The van der Waals surface area contributed by atoms with Crippen LogP contribution in [-0.4, -0.2) is 32.3 Å². The van der Waals surface area contributed by atoms with Crippen LogP contribution in [0.4, 0.5) is 0 Å². The van der Waals surface area contributed by atoms with Gasteiger partial charge in [0, 0.05) is 18.8 Å². The number of nitrogens with one attached hydrogen (secondary N) is 1. The molecule has 2 N–H and O–H groups in total. The second kappa shape index (κ2) is 5.18. The molecule has 0 radical (unpaired) electrons. The standard InChI is InChI=1S/C13H12N4O5S/c1-16-6-8(5-14-16)7-17-12(18)10-4-9(23(20,21)22)2-3-11(10)15-13(17)19/h2-6H,7H2,1H3,(H,15,19)(H,20,21,22). The zero-order chi connectivity index (χ0) is 16.8. The van der Waals surface area contributed by atoms with Gasteiger partial charge in [-0.05, 0) is 18.2 Å². The van der Waals surface area contributed by atoms with Crippen LogP contribution in [0.25, 0.3) is 10.9 Å². The van der Waals surface area contributed by atoms with Gasteiger partial charge in [0.15, 0.2) is 0 Å². The maximum atomic E-state index is 12.5. The van der Waals surface area contributed by atoms with Crippen LogP contribution < -0.4 is 11.2 Å². The maximum Gasteiger partial charge on any atom is 0.329 e. The number of aryl methyl sites for hydroxylation is 1. The van der Waals surface area contributed by atoms with Crippen LogP contribution >= 0.6 is 0 Å². The summed E-state index contributed by atoms with van der Waals surface area (Å²) < 4.78 is 33.9. The van der Waals surface area contributed by atoms with Crippen LogP contribution in [0.5, 0.6) is 0 Å². The van der Waals surface area contributed by atoms with Crippen LogP contribution in [0.3, 0.4) is 0 Å². The normalized spacial score (nSPS) is 11.9. The molecule has 3 aromatic rings. The molecule has 0 bridgehead atoms. The third-order valence-electron chi connectivity index (χ3n) is 3.35. The van der Waals surface area contributed by atoms with Crippen LogP contribution in [0.2, 0.25) is 0 Å². The van der Waals surface area contributed by atoms with Crippen molar-refractivity contribution in [1.29, 1.82) is 0 Å². The predicted octanol–water partition coefficient (Wildman–Crippen LogP) is -0.282. The number of rotatable bonds is 3. The summed E-state index contributed by atoms with van der Waals surface area (Å²) in [7, 11) is -2.74. The minimum absolute atomic E-state index is 0.00590. The van der Waals surface area contributed by atoms with E-state index in [1.165, 1.54) is 16.9 Å². The van der Waals surface area contributed by atoms with Crippen molar-refractivity contribution < 1.29 is 13.0 Å².